The van der Waals surface area contributed by atoms with Crippen molar-refractivity contribution in [3.8, 4) is 11.8 Å². The monoisotopic (exact) mass is 266 g/mol. The quantitative estimate of drug-likeness (QED) is 0.337. The average molecular weight is 266 g/mol. The molecule has 1 rings (SSSR count). The van der Waals surface area contributed by atoms with Gasteiger partial charge in [-0.1, -0.05) is 25.2 Å². The van der Waals surface area contributed by atoms with Gasteiger partial charge in [0.05, 0.1) is 0 Å². The normalized spacial score (nSPS) is 17.7. The lowest BCUT2D eigenvalue weighted by atomic mass is 9.79. The molecule has 0 atom stereocenters. The molecule has 0 radical (unpaired) electrons. The maximum absolute atomic E-state index is 10.9. The highest BCUT2D eigenvalue weighted by molar-refractivity contribution is 5.93. The van der Waals surface area contributed by atoms with Gasteiger partial charge >= 0.3 is 0 Å². The standard InChI is InChI=1S/C16H26O3/c1-13(17)11-12-15(2,3)18-19-16(4,5)14-9-7-6-8-10-14/h14H,6-10H2,1-5H3. The molecule has 0 aromatic heterocycles. The van der Waals surface area contributed by atoms with Gasteiger partial charge in [-0.05, 0) is 52.4 Å². The molecule has 1 fully saturated rings. The van der Waals surface area contributed by atoms with Crippen LogP contribution in [0.25, 0.3) is 0 Å². The van der Waals surface area contributed by atoms with Crippen LogP contribution in [0.15, 0.2) is 0 Å². The summed E-state index contributed by atoms with van der Waals surface area (Å²) in [5, 5.41) is 0. The second-order valence-electron chi connectivity index (χ2n) is 6.42. The fourth-order valence-corrected chi connectivity index (χ4v) is 2.34. The molecule has 108 valence electrons. The Morgan fingerprint density at radius 1 is 1.05 bits per heavy atom. The Bertz CT molecular complexity index is 365. The highest BCUT2D eigenvalue weighted by Gasteiger charge is 2.34. The zero-order valence-corrected chi connectivity index (χ0v) is 12.8. The first-order chi connectivity index (χ1) is 8.73. The molecule has 0 aromatic rings. The van der Waals surface area contributed by atoms with Crippen molar-refractivity contribution in [3.63, 3.8) is 0 Å². The summed E-state index contributed by atoms with van der Waals surface area (Å²) in [6, 6.07) is 0. The summed E-state index contributed by atoms with van der Waals surface area (Å²) >= 11 is 0. The molecule has 3 heteroatoms. The molecule has 0 aliphatic heterocycles. The molecule has 0 aromatic carbocycles. The Balaban J connectivity index is 2.54. The van der Waals surface area contributed by atoms with E-state index in [9.17, 15) is 4.79 Å². The zero-order valence-electron chi connectivity index (χ0n) is 12.8. The minimum Gasteiger partial charge on any atom is -0.285 e. The molecule has 0 saturated heterocycles. The first-order valence-electron chi connectivity index (χ1n) is 7.13. The van der Waals surface area contributed by atoms with Crippen molar-refractivity contribution in [2.75, 3.05) is 0 Å². The Morgan fingerprint density at radius 2 is 1.63 bits per heavy atom. The van der Waals surface area contributed by atoms with E-state index in [1.54, 1.807) is 13.8 Å². The van der Waals surface area contributed by atoms with Crippen LogP contribution in [0.2, 0.25) is 0 Å². The highest BCUT2D eigenvalue weighted by atomic mass is 17.2. The van der Waals surface area contributed by atoms with Gasteiger partial charge < -0.3 is 0 Å². The lowest BCUT2D eigenvalue weighted by Gasteiger charge is -2.37. The van der Waals surface area contributed by atoms with Gasteiger partial charge in [-0.15, -0.1) is 0 Å². The van der Waals surface area contributed by atoms with Crippen LogP contribution in [0.3, 0.4) is 0 Å². The van der Waals surface area contributed by atoms with Crippen LogP contribution >= 0.6 is 0 Å². The van der Waals surface area contributed by atoms with Crippen molar-refractivity contribution >= 4 is 5.78 Å². The van der Waals surface area contributed by atoms with E-state index in [0.717, 1.165) is 0 Å². The summed E-state index contributed by atoms with van der Waals surface area (Å²) in [4.78, 5) is 22.0. The third kappa shape index (κ3) is 5.76. The Morgan fingerprint density at radius 3 is 2.16 bits per heavy atom. The Labute approximate surface area is 117 Å². The summed E-state index contributed by atoms with van der Waals surface area (Å²) in [5.41, 5.74) is -1.08. The summed E-state index contributed by atoms with van der Waals surface area (Å²) in [6.07, 6.45) is 6.24. The molecule has 0 spiro atoms. The van der Waals surface area contributed by atoms with E-state index in [0.29, 0.717) is 5.92 Å². The second-order valence-corrected chi connectivity index (χ2v) is 6.42. The summed E-state index contributed by atoms with van der Waals surface area (Å²) < 4.78 is 0. The molecule has 1 saturated carbocycles. The van der Waals surface area contributed by atoms with E-state index >= 15 is 0 Å². The molecule has 0 bridgehead atoms. The lowest BCUT2D eigenvalue weighted by Crippen LogP contribution is -2.39. The van der Waals surface area contributed by atoms with Crippen molar-refractivity contribution in [2.24, 2.45) is 5.92 Å². The number of Topliss-reactive ketones (excluding diaryl/α,β-unsaturated/α-hetero) is 1. The summed E-state index contributed by atoms with van der Waals surface area (Å²) in [6.45, 7) is 9.19. The maximum atomic E-state index is 10.9. The van der Waals surface area contributed by atoms with Gasteiger partial charge in [0.2, 0.25) is 5.78 Å². The van der Waals surface area contributed by atoms with E-state index in [2.05, 4.69) is 25.7 Å². The summed E-state index contributed by atoms with van der Waals surface area (Å²) in [7, 11) is 0. The van der Waals surface area contributed by atoms with Crippen molar-refractivity contribution in [1.82, 2.24) is 0 Å². The Kier molecular flexibility index (Phi) is 5.58. The average Bonchev–Trinajstić information content (AvgIpc) is 2.36. The van der Waals surface area contributed by atoms with E-state index in [-0.39, 0.29) is 11.4 Å². The van der Waals surface area contributed by atoms with Crippen molar-refractivity contribution in [1.29, 1.82) is 0 Å². The molecule has 1 aliphatic rings. The maximum Gasteiger partial charge on any atom is 0.202 e. The molecule has 19 heavy (non-hydrogen) atoms. The lowest BCUT2D eigenvalue weighted by molar-refractivity contribution is -0.398. The van der Waals surface area contributed by atoms with Gasteiger partial charge in [-0.25, -0.2) is 9.78 Å². The molecule has 0 heterocycles. The first kappa shape index (κ1) is 16.2. The van der Waals surface area contributed by atoms with E-state index in [1.165, 1.54) is 39.0 Å². The molecular formula is C16H26O3. The molecule has 0 unspecified atom stereocenters. The number of hydrogen-bond donors (Lipinski definition) is 0. The minimum atomic E-state index is -0.766. The van der Waals surface area contributed by atoms with Crippen molar-refractivity contribution in [3.05, 3.63) is 0 Å². The molecule has 3 nitrogen and oxygen atoms in total. The van der Waals surface area contributed by atoms with Crippen molar-refractivity contribution < 1.29 is 14.6 Å². The molecular weight excluding hydrogens is 240 g/mol. The second kappa shape index (κ2) is 6.54. The van der Waals surface area contributed by atoms with E-state index in [4.69, 9.17) is 9.78 Å². The Hall–Kier alpha value is -0.850. The number of rotatable bonds is 4. The van der Waals surface area contributed by atoms with Gasteiger partial charge in [0, 0.05) is 6.92 Å². The molecule has 0 N–H and O–H groups in total. The predicted octanol–water partition coefficient (Wildman–Crippen LogP) is 3.66. The van der Waals surface area contributed by atoms with Gasteiger partial charge in [0.1, 0.15) is 5.60 Å². The summed E-state index contributed by atoms with van der Waals surface area (Å²) in [5.74, 6) is 5.66. The predicted molar refractivity (Wildman–Crippen MR) is 75.4 cm³/mol. The smallest absolute Gasteiger partial charge is 0.202 e. The van der Waals surface area contributed by atoms with Gasteiger partial charge in [-0.3, -0.25) is 4.79 Å². The fourth-order valence-electron chi connectivity index (χ4n) is 2.34. The zero-order chi connectivity index (χ0) is 14.5. The van der Waals surface area contributed by atoms with Gasteiger partial charge in [0.25, 0.3) is 0 Å². The third-order valence-corrected chi connectivity index (χ3v) is 3.59. The van der Waals surface area contributed by atoms with E-state index < -0.39 is 5.60 Å². The minimum absolute atomic E-state index is 0.164. The third-order valence-electron chi connectivity index (χ3n) is 3.59. The van der Waals surface area contributed by atoms with Gasteiger partial charge in [0.15, 0.2) is 5.60 Å². The topological polar surface area (TPSA) is 35.5 Å². The van der Waals surface area contributed by atoms with Crippen LogP contribution in [0.4, 0.5) is 0 Å². The fraction of sp³-hybridized carbons (Fsp3) is 0.812. The van der Waals surface area contributed by atoms with Crippen LogP contribution in [-0.2, 0) is 14.6 Å². The highest BCUT2D eigenvalue weighted by Crippen LogP contribution is 2.35. The van der Waals surface area contributed by atoms with Crippen LogP contribution in [0.5, 0.6) is 0 Å². The van der Waals surface area contributed by atoms with Crippen LogP contribution < -0.4 is 0 Å². The number of carbonyl (C=O) groups is 1. The van der Waals surface area contributed by atoms with E-state index in [1.807, 2.05) is 0 Å². The molecule has 1 aliphatic carbocycles. The molecule has 0 amide bonds. The number of hydrogen-bond acceptors (Lipinski definition) is 3. The first-order valence-corrected chi connectivity index (χ1v) is 7.13. The van der Waals surface area contributed by atoms with Crippen LogP contribution in [0.1, 0.15) is 66.7 Å². The van der Waals surface area contributed by atoms with Gasteiger partial charge in [-0.2, -0.15) is 0 Å². The SMILES string of the molecule is CC(=O)C#CC(C)(C)OOC(C)(C)C1CCCCC1. The number of ketones is 1. The number of carbonyl (C=O) groups excluding carboxylic acids is 1. The largest absolute Gasteiger partial charge is 0.285 e. The van der Waals surface area contributed by atoms with Crippen LogP contribution in [0, 0.1) is 17.8 Å². The van der Waals surface area contributed by atoms with Crippen LogP contribution in [-0.4, -0.2) is 17.0 Å². The van der Waals surface area contributed by atoms with Crippen molar-refractivity contribution in [2.45, 2.75) is 77.9 Å².